The number of ether oxygens (including phenoxy) is 1. The van der Waals surface area contributed by atoms with Gasteiger partial charge in [0.2, 0.25) is 0 Å². The molecule has 0 unspecified atom stereocenters. The molecule has 1 amide bonds. The highest BCUT2D eigenvalue weighted by Crippen LogP contribution is 2.16. The van der Waals surface area contributed by atoms with E-state index < -0.39 is 24.3 Å². The average Bonchev–Trinajstić information content (AvgIpc) is 3.05. The van der Waals surface area contributed by atoms with Gasteiger partial charge in [-0.15, -0.1) is 0 Å². The lowest BCUT2D eigenvalue weighted by Crippen LogP contribution is -2.25. The van der Waals surface area contributed by atoms with E-state index in [0.717, 1.165) is 25.9 Å². The summed E-state index contributed by atoms with van der Waals surface area (Å²) in [4.78, 5) is 25.3. The Bertz CT molecular complexity index is 592. The number of nitrogens with zero attached hydrogens (tertiary/aromatic N) is 1. The number of esters is 1. The largest absolute Gasteiger partial charge is 0.455 e. The van der Waals surface area contributed by atoms with E-state index in [2.05, 4.69) is 10.2 Å². The highest BCUT2D eigenvalue weighted by molar-refractivity contribution is 8.23. The van der Waals surface area contributed by atoms with Crippen molar-refractivity contribution in [2.75, 3.05) is 30.8 Å². The number of amides is 1. The van der Waals surface area contributed by atoms with Crippen LogP contribution in [0.1, 0.15) is 12.8 Å². The van der Waals surface area contributed by atoms with E-state index >= 15 is 0 Å². The number of carbonyl (C=O) groups is 2. The van der Waals surface area contributed by atoms with E-state index in [1.165, 1.54) is 30.0 Å². The van der Waals surface area contributed by atoms with Gasteiger partial charge >= 0.3 is 5.97 Å². The number of thiocarbonyl (C=S) groups is 1. The molecule has 0 aromatic heterocycles. The molecule has 1 heterocycles. The molecule has 0 saturated carbocycles. The summed E-state index contributed by atoms with van der Waals surface area (Å²) in [5.41, 5.74) is 0.315. The van der Waals surface area contributed by atoms with Crippen molar-refractivity contribution in [1.82, 2.24) is 4.90 Å². The van der Waals surface area contributed by atoms with E-state index in [0.29, 0.717) is 10.0 Å². The van der Waals surface area contributed by atoms with Crippen LogP contribution in [0.4, 0.5) is 10.1 Å². The summed E-state index contributed by atoms with van der Waals surface area (Å²) in [6.45, 7) is 1.44. The summed E-state index contributed by atoms with van der Waals surface area (Å²) in [6, 6.07) is 5.49. The van der Waals surface area contributed by atoms with Crippen LogP contribution in [-0.2, 0) is 14.3 Å². The Kier molecular flexibility index (Phi) is 6.79. The molecule has 0 spiro atoms. The minimum absolute atomic E-state index is 0.0720. The number of halogens is 1. The Morgan fingerprint density at radius 1 is 1.35 bits per heavy atom. The van der Waals surface area contributed by atoms with Gasteiger partial charge in [-0.3, -0.25) is 9.59 Å². The van der Waals surface area contributed by atoms with Crippen LogP contribution in [0.5, 0.6) is 0 Å². The van der Waals surface area contributed by atoms with E-state index in [-0.39, 0.29) is 5.75 Å². The van der Waals surface area contributed by atoms with Crippen molar-refractivity contribution >= 4 is 45.9 Å². The first-order valence-corrected chi connectivity index (χ1v) is 8.57. The standard InChI is InChI=1S/C15H17FN2O3S2/c16-11-4-3-5-12(8-11)17-13(19)9-21-14(20)10-23-15(22)18-6-1-2-7-18/h3-5,8H,1-2,6-7,9-10H2,(H,17,19). The van der Waals surface area contributed by atoms with Crippen LogP contribution in [0, 0.1) is 5.82 Å². The fourth-order valence-electron chi connectivity index (χ4n) is 2.06. The summed E-state index contributed by atoms with van der Waals surface area (Å²) in [5, 5.41) is 2.45. The summed E-state index contributed by atoms with van der Waals surface area (Å²) in [5.74, 6) is -1.41. The number of benzene rings is 1. The van der Waals surface area contributed by atoms with E-state index in [4.69, 9.17) is 17.0 Å². The fraction of sp³-hybridized carbons (Fsp3) is 0.400. The Morgan fingerprint density at radius 3 is 2.78 bits per heavy atom. The first-order valence-electron chi connectivity index (χ1n) is 7.17. The quantitative estimate of drug-likeness (QED) is 0.646. The van der Waals surface area contributed by atoms with Gasteiger partial charge in [0.05, 0.1) is 5.75 Å². The number of anilines is 1. The van der Waals surface area contributed by atoms with Gasteiger partial charge in [0.25, 0.3) is 5.91 Å². The summed E-state index contributed by atoms with van der Waals surface area (Å²) < 4.78 is 18.5. The highest BCUT2D eigenvalue weighted by Gasteiger charge is 2.17. The Morgan fingerprint density at radius 2 is 2.09 bits per heavy atom. The Hall–Kier alpha value is -1.67. The topological polar surface area (TPSA) is 58.6 Å². The molecule has 23 heavy (non-hydrogen) atoms. The predicted molar refractivity (Wildman–Crippen MR) is 91.9 cm³/mol. The minimum atomic E-state index is -0.518. The van der Waals surface area contributed by atoms with Crippen molar-refractivity contribution in [1.29, 1.82) is 0 Å². The first-order chi connectivity index (χ1) is 11.0. The molecule has 0 atom stereocenters. The molecule has 0 bridgehead atoms. The van der Waals surface area contributed by atoms with Crippen molar-refractivity contribution < 1.29 is 18.7 Å². The zero-order chi connectivity index (χ0) is 16.7. The van der Waals surface area contributed by atoms with Crippen LogP contribution in [0.2, 0.25) is 0 Å². The molecule has 2 rings (SSSR count). The molecule has 8 heteroatoms. The molecule has 1 aliphatic heterocycles. The Balaban J connectivity index is 1.65. The number of rotatable bonds is 5. The highest BCUT2D eigenvalue weighted by atomic mass is 32.2. The van der Waals surface area contributed by atoms with Crippen molar-refractivity contribution in [3.63, 3.8) is 0 Å². The second-order valence-corrected chi connectivity index (χ2v) is 6.58. The third-order valence-electron chi connectivity index (χ3n) is 3.15. The van der Waals surface area contributed by atoms with Crippen molar-refractivity contribution in [2.45, 2.75) is 12.8 Å². The molecule has 1 fully saturated rings. The maximum absolute atomic E-state index is 13.0. The van der Waals surface area contributed by atoms with Gasteiger partial charge in [-0.05, 0) is 31.0 Å². The molecule has 5 nitrogen and oxygen atoms in total. The molecule has 1 saturated heterocycles. The van der Waals surface area contributed by atoms with Crippen molar-refractivity contribution in [3.8, 4) is 0 Å². The maximum Gasteiger partial charge on any atom is 0.316 e. The maximum atomic E-state index is 13.0. The lowest BCUT2D eigenvalue weighted by Gasteiger charge is -2.17. The molecule has 0 aliphatic carbocycles. The monoisotopic (exact) mass is 356 g/mol. The average molecular weight is 356 g/mol. The van der Waals surface area contributed by atoms with Crippen LogP contribution >= 0.6 is 24.0 Å². The zero-order valence-corrected chi connectivity index (χ0v) is 14.1. The van der Waals surface area contributed by atoms with Crippen LogP contribution in [0.3, 0.4) is 0 Å². The molecule has 0 radical (unpaired) electrons. The van der Waals surface area contributed by atoms with Gasteiger partial charge < -0.3 is 15.0 Å². The zero-order valence-electron chi connectivity index (χ0n) is 12.4. The lowest BCUT2D eigenvalue weighted by atomic mass is 10.3. The van der Waals surface area contributed by atoms with E-state index in [9.17, 15) is 14.0 Å². The van der Waals surface area contributed by atoms with Gasteiger partial charge in [0.1, 0.15) is 10.1 Å². The number of hydrogen-bond donors (Lipinski definition) is 1. The summed E-state index contributed by atoms with van der Waals surface area (Å²) in [7, 11) is 0. The first kappa shape index (κ1) is 17.7. The fourth-order valence-corrected chi connectivity index (χ4v) is 3.11. The van der Waals surface area contributed by atoms with Gasteiger partial charge in [0, 0.05) is 18.8 Å². The molecule has 1 aromatic carbocycles. The van der Waals surface area contributed by atoms with Gasteiger partial charge in [-0.25, -0.2) is 4.39 Å². The van der Waals surface area contributed by atoms with Crippen LogP contribution in [-0.4, -0.2) is 46.5 Å². The van der Waals surface area contributed by atoms with E-state index in [1.807, 2.05) is 0 Å². The number of thioether (sulfide) groups is 1. The predicted octanol–water partition coefficient (Wildman–Crippen LogP) is 2.42. The number of hydrogen-bond acceptors (Lipinski definition) is 5. The van der Waals surface area contributed by atoms with Crippen LogP contribution in [0.25, 0.3) is 0 Å². The molecule has 1 aromatic rings. The second-order valence-electron chi connectivity index (χ2n) is 4.97. The normalized spacial score (nSPS) is 13.7. The number of carbonyl (C=O) groups excluding carboxylic acids is 2. The number of likely N-dealkylation sites (tertiary alicyclic amines) is 1. The minimum Gasteiger partial charge on any atom is -0.455 e. The van der Waals surface area contributed by atoms with Gasteiger partial charge in [0.15, 0.2) is 6.61 Å². The van der Waals surface area contributed by atoms with Crippen molar-refractivity contribution in [3.05, 3.63) is 30.1 Å². The van der Waals surface area contributed by atoms with Gasteiger partial charge in [-0.2, -0.15) is 0 Å². The molecule has 1 N–H and O–H groups in total. The molecular formula is C15H17FN2O3S2. The second kappa shape index (κ2) is 8.83. The smallest absolute Gasteiger partial charge is 0.316 e. The Labute approximate surface area is 143 Å². The summed E-state index contributed by atoms with van der Waals surface area (Å²) >= 11 is 6.47. The molecule has 1 aliphatic rings. The number of nitrogens with one attached hydrogen (secondary N) is 1. The van der Waals surface area contributed by atoms with Gasteiger partial charge in [-0.1, -0.05) is 30.0 Å². The van der Waals surface area contributed by atoms with Crippen LogP contribution < -0.4 is 5.32 Å². The SMILES string of the molecule is O=C(COC(=O)CSC(=S)N1CCCC1)Nc1cccc(F)c1. The molecule has 124 valence electrons. The van der Waals surface area contributed by atoms with Crippen LogP contribution in [0.15, 0.2) is 24.3 Å². The molecular weight excluding hydrogens is 339 g/mol. The van der Waals surface area contributed by atoms with Crippen molar-refractivity contribution in [2.24, 2.45) is 0 Å². The van der Waals surface area contributed by atoms with E-state index in [1.54, 1.807) is 6.07 Å². The lowest BCUT2D eigenvalue weighted by molar-refractivity contribution is -0.144. The third kappa shape index (κ3) is 6.15. The third-order valence-corrected chi connectivity index (χ3v) is 4.65. The summed E-state index contributed by atoms with van der Waals surface area (Å²) in [6.07, 6.45) is 2.23.